The summed E-state index contributed by atoms with van der Waals surface area (Å²) in [6.07, 6.45) is 3.96. The fourth-order valence-electron chi connectivity index (χ4n) is 3.35. The largest absolute Gasteiger partial charge is 0.338 e. The summed E-state index contributed by atoms with van der Waals surface area (Å²) in [5, 5.41) is 3.93. The number of halogens is 2. The van der Waals surface area contributed by atoms with Gasteiger partial charge in [0.2, 0.25) is 11.7 Å². The Bertz CT molecular complexity index is 858. The summed E-state index contributed by atoms with van der Waals surface area (Å²) < 4.78 is 32.7. The highest BCUT2D eigenvalue weighted by Gasteiger charge is 2.47. The summed E-state index contributed by atoms with van der Waals surface area (Å²) in [7, 11) is 0. The van der Waals surface area contributed by atoms with Crippen LogP contribution in [0, 0.1) is 0 Å². The van der Waals surface area contributed by atoms with Crippen molar-refractivity contribution in [2.75, 3.05) is 0 Å². The lowest BCUT2D eigenvalue weighted by molar-refractivity contribution is 0.00627. The Morgan fingerprint density at radius 2 is 1.75 bits per heavy atom. The van der Waals surface area contributed by atoms with E-state index in [-0.39, 0.29) is 5.89 Å². The van der Waals surface area contributed by atoms with Gasteiger partial charge in [0.1, 0.15) is 5.41 Å². The Hall–Kier alpha value is -2.44. The molecule has 0 unspecified atom stereocenters. The van der Waals surface area contributed by atoms with Crippen LogP contribution in [0.1, 0.15) is 38.0 Å². The maximum Gasteiger partial charge on any atom is 0.252 e. The van der Waals surface area contributed by atoms with Gasteiger partial charge >= 0.3 is 0 Å². The zero-order chi connectivity index (χ0) is 16.6. The molecule has 2 heterocycles. The number of hydrogen-bond donors (Lipinski definition) is 0. The summed E-state index contributed by atoms with van der Waals surface area (Å²) in [4.78, 5) is 12.7. The molecule has 4 rings (SSSR count). The summed E-state index contributed by atoms with van der Waals surface area (Å²) in [5.74, 6) is 0.356. The molecule has 0 radical (unpaired) electrons. The first-order chi connectivity index (χ1) is 11.7. The fourth-order valence-corrected chi connectivity index (χ4v) is 3.35. The van der Waals surface area contributed by atoms with Crippen molar-refractivity contribution in [3.05, 3.63) is 36.5 Å². The Morgan fingerprint density at radius 1 is 1.00 bits per heavy atom. The highest BCUT2D eigenvalue weighted by Crippen LogP contribution is 2.43. The summed E-state index contributed by atoms with van der Waals surface area (Å²) in [6.45, 7) is 0. The van der Waals surface area contributed by atoms with Gasteiger partial charge in [-0.05, 0) is 31.0 Å². The van der Waals surface area contributed by atoms with Gasteiger partial charge in [0.15, 0.2) is 0 Å². The number of fused-ring (bicyclic) bond motifs is 1. The number of rotatable bonds is 3. The third-order valence-corrected chi connectivity index (χ3v) is 4.74. The fraction of sp³-hybridized carbons (Fsp3) is 0.412. The molecule has 7 heteroatoms. The van der Waals surface area contributed by atoms with Crippen molar-refractivity contribution in [3.63, 3.8) is 0 Å². The number of benzene rings is 1. The third-order valence-electron chi connectivity index (χ3n) is 4.74. The van der Waals surface area contributed by atoms with Crippen molar-refractivity contribution in [2.24, 2.45) is 0 Å². The first-order valence-electron chi connectivity index (χ1n) is 8.02. The minimum absolute atomic E-state index is 0.0476. The third kappa shape index (κ3) is 2.44. The van der Waals surface area contributed by atoms with Crippen LogP contribution in [-0.2, 0) is 5.41 Å². The minimum Gasteiger partial charge on any atom is -0.338 e. The molecule has 1 aromatic carbocycles. The molecule has 3 aromatic rings. The quantitative estimate of drug-likeness (QED) is 0.722. The van der Waals surface area contributed by atoms with E-state index in [1.807, 2.05) is 0 Å². The lowest BCUT2D eigenvalue weighted by atomic mass is 9.74. The summed E-state index contributed by atoms with van der Waals surface area (Å²) >= 11 is 0. The van der Waals surface area contributed by atoms with E-state index in [1.165, 1.54) is 0 Å². The zero-order valence-corrected chi connectivity index (χ0v) is 13.0. The van der Waals surface area contributed by atoms with Gasteiger partial charge in [-0.3, -0.25) is 9.97 Å². The zero-order valence-electron chi connectivity index (χ0n) is 13.0. The predicted molar refractivity (Wildman–Crippen MR) is 83.6 cm³/mol. The second-order valence-corrected chi connectivity index (χ2v) is 6.20. The van der Waals surface area contributed by atoms with Crippen molar-refractivity contribution < 1.29 is 13.3 Å². The van der Waals surface area contributed by atoms with Gasteiger partial charge < -0.3 is 4.52 Å². The van der Waals surface area contributed by atoms with E-state index in [4.69, 9.17) is 4.52 Å². The Kier molecular flexibility index (Phi) is 3.70. The second-order valence-electron chi connectivity index (χ2n) is 6.20. The van der Waals surface area contributed by atoms with E-state index in [1.54, 1.807) is 30.6 Å². The monoisotopic (exact) mass is 330 g/mol. The van der Waals surface area contributed by atoms with Gasteiger partial charge in [-0.25, -0.2) is 8.78 Å². The van der Waals surface area contributed by atoms with Crippen LogP contribution < -0.4 is 0 Å². The maximum atomic E-state index is 13.7. The van der Waals surface area contributed by atoms with E-state index in [2.05, 4.69) is 20.1 Å². The molecule has 1 saturated carbocycles. The molecule has 24 heavy (non-hydrogen) atoms. The molecule has 1 fully saturated rings. The van der Waals surface area contributed by atoms with Gasteiger partial charge in [0.05, 0.1) is 11.0 Å². The average molecular weight is 330 g/mol. The average Bonchev–Trinajstić information content (AvgIpc) is 3.12. The Morgan fingerprint density at radius 3 is 2.50 bits per heavy atom. The van der Waals surface area contributed by atoms with E-state index < -0.39 is 11.8 Å². The normalized spacial score (nSPS) is 17.5. The van der Waals surface area contributed by atoms with Gasteiger partial charge in [0, 0.05) is 18.0 Å². The molecule has 1 aliphatic carbocycles. The minimum atomic E-state index is -2.51. The van der Waals surface area contributed by atoms with Crippen LogP contribution in [0.25, 0.3) is 22.4 Å². The van der Waals surface area contributed by atoms with Crippen LogP contribution >= 0.6 is 0 Å². The molecule has 5 nitrogen and oxygen atoms in total. The molecular formula is C17H16F2N4O. The van der Waals surface area contributed by atoms with Crippen molar-refractivity contribution in [1.82, 2.24) is 20.1 Å². The Labute approximate surface area is 137 Å². The highest BCUT2D eigenvalue weighted by atomic mass is 19.3. The van der Waals surface area contributed by atoms with Crippen LogP contribution in [0.3, 0.4) is 0 Å². The lowest BCUT2D eigenvalue weighted by Crippen LogP contribution is -2.37. The molecule has 124 valence electrons. The van der Waals surface area contributed by atoms with E-state index in [0.717, 1.165) is 24.8 Å². The standard InChI is InChI=1S/C17H16F2N4O/c18-15(19)17(6-2-1-3-7-17)16-22-14(23-24-16)11-4-5-12-13(10-11)21-9-8-20-12/h4-5,8-10,15H,1-3,6-7H2. The van der Waals surface area contributed by atoms with Gasteiger partial charge in [-0.15, -0.1) is 0 Å². The van der Waals surface area contributed by atoms with Crippen molar-refractivity contribution in [3.8, 4) is 11.4 Å². The van der Waals surface area contributed by atoms with E-state index in [0.29, 0.717) is 29.7 Å². The van der Waals surface area contributed by atoms with Crippen molar-refractivity contribution >= 4 is 11.0 Å². The van der Waals surface area contributed by atoms with E-state index in [9.17, 15) is 8.78 Å². The molecule has 0 aliphatic heterocycles. The molecule has 0 bridgehead atoms. The topological polar surface area (TPSA) is 64.7 Å². The van der Waals surface area contributed by atoms with E-state index >= 15 is 0 Å². The predicted octanol–water partition coefficient (Wildman–Crippen LogP) is 4.15. The lowest BCUT2D eigenvalue weighted by Gasteiger charge is -2.32. The number of alkyl halides is 2. The molecule has 2 aromatic heterocycles. The SMILES string of the molecule is FC(F)C1(c2nc(-c3ccc4nccnc4c3)no2)CCCCC1. The number of hydrogen-bond acceptors (Lipinski definition) is 5. The molecule has 0 atom stereocenters. The number of nitrogens with zero attached hydrogens (tertiary/aromatic N) is 4. The summed E-state index contributed by atoms with van der Waals surface area (Å²) in [6, 6.07) is 5.38. The van der Waals surface area contributed by atoms with Crippen LogP contribution in [0.2, 0.25) is 0 Å². The molecule has 1 aliphatic rings. The van der Waals surface area contributed by atoms with Gasteiger partial charge in [0.25, 0.3) is 6.43 Å². The first kappa shape index (κ1) is 15.1. The molecule has 0 spiro atoms. The van der Waals surface area contributed by atoms with Gasteiger partial charge in [-0.2, -0.15) is 4.98 Å². The van der Waals surface area contributed by atoms with Crippen LogP contribution in [0.15, 0.2) is 35.1 Å². The summed E-state index contributed by atoms with van der Waals surface area (Å²) in [5.41, 5.74) is 0.822. The molecule has 0 amide bonds. The van der Waals surface area contributed by atoms with Crippen molar-refractivity contribution in [1.29, 1.82) is 0 Å². The smallest absolute Gasteiger partial charge is 0.252 e. The van der Waals surface area contributed by atoms with Crippen LogP contribution in [0.4, 0.5) is 8.78 Å². The number of aromatic nitrogens is 4. The van der Waals surface area contributed by atoms with Gasteiger partial charge in [-0.1, -0.05) is 24.4 Å². The molecule has 0 saturated heterocycles. The van der Waals surface area contributed by atoms with Crippen LogP contribution in [0.5, 0.6) is 0 Å². The Balaban J connectivity index is 1.72. The molecular weight excluding hydrogens is 314 g/mol. The molecule has 0 N–H and O–H groups in total. The second kappa shape index (κ2) is 5.89. The highest BCUT2D eigenvalue weighted by molar-refractivity contribution is 5.79. The van der Waals surface area contributed by atoms with Crippen molar-refractivity contribution in [2.45, 2.75) is 43.9 Å². The maximum absolute atomic E-state index is 13.7. The van der Waals surface area contributed by atoms with Crippen LogP contribution in [-0.4, -0.2) is 26.5 Å². The first-order valence-corrected chi connectivity index (χ1v) is 8.02.